The zero-order chi connectivity index (χ0) is 15.2. The lowest BCUT2D eigenvalue weighted by Crippen LogP contribution is -2.41. The van der Waals surface area contributed by atoms with Crippen molar-refractivity contribution in [3.63, 3.8) is 0 Å². The maximum Gasteiger partial charge on any atom is 0.277 e. The molecule has 3 N–H and O–H groups in total. The largest absolute Gasteiger partial charge is 0.492 e. The Labute approximate surface area is 124 Å². The Bertz CT molecular complexity index is 470. The number of alkyl halides is 2. The summed E-state index contributed by atoms with van der Waals surface area (Å²) in [5.41, 5.74) is 5.94. The minimum absolute atomic E-state index is 0.000960. The third-order valence-electron chi connectivity index (χ3n) is 2.52. The number of carbonyl (C=O) groups excluding carboxylic acids is 1. The molecule has 0 saturated carbocycles. The van der Waals surface area contributed by atoms with E-state index in [0.29, 0.717) is 5.75 Å². The second-order valence-electron chi connectivity index (χ2n) is 4.37. The molecule has 0 radical (unpaired) electrons. The SMILES string of the molecule is Cc1ccc(OCCC(=O)NCC(F)(F)CN)c(Br)c1. The number of hydrogen-bond acceptors (Lipinski definition) is 3. The van der Waals surface area contributed by atoms with Gasteiger partial charge in [-0.2, -0.15) is 0 Å². The molecule has 0 bridgehead atoms. The van der Waals surface area contributed by atoms with Gasteiger partial charge in [-0.05, 0) is 40.5 Å². The molecule has 1 amide bonds. The quantitative estimate of drug-likeness (QED) is 0.792. The molecule has 1 rings (SSSR count). The van der Waals surface area contributed by atoms with Crippen LogP contribution in [-0.4, -0.2) is 31.5 Å². The van der Waals surface area contributed by atoms with Gasteiger partial charge in [0.05, 0.1) is 30.6 Å². The first-order valence-electron chi connectivity index (χ1n) is 6.07. The van der Waals surface area contributed by atoms with E-state index in [1.165, 1.54) is 0 Å². The monoisotopic (exact) mass is 350 g/mol. The number of halogens is 3. The Morgan fingerprint density at radius 3 is 2.80 bits per heavy atom. The van der Waals surface area contributed by atoms with Crippen LogP contribution in [0.4, 0.5) is 8.78 Å². The molecule has 0 aliphatic rings. The zero-order valence-corrected chi connectivity index (χ0v) is 12.7. The molecule has 112 valence electrons. The number of aryl methyl sites for hydroxylation is 1. The molecule has 0 aromatic heterocycles. The van der Waals surface area contributed by atoms with Gasteiger partial charge in [0.15, 0.2) is 0 Å². The highest BCUT2D eigenvalue weighted by atomic mass is 79.9. The van der Waals surface area contributed by atoms with Crippen molar-refractivity contribution >= 4 is 21.8 Å². The molecule has 0 unspecified atom stereocenters. The van der Waals surface area contributed by atoms with E-state index in [1.54, 1.807) is 6.07 Å². The number of rotatable bonds is 7. The van der Waals surface area contributed by atoms with Crippen LogP contribution < -0.4 is 15.8 Å². The average Bonchev–Trinajstić information content (AvgIpc) is 2.39. The number of carbonyl (C=O) groups is 1. The van der Waals surface area contributed by atoms with Gasteiger partial charge in [0, 0.05) is 0 Å². The number of nitrogens with two attached hydrogens (primary N) is 1. The maximum atomic E-state index is 12.8. The second kappa shape index (κ2) is 7.54. The topological polar surface area (TPSA) is 64.3 Å². The van der Waals surface area contributed by atoms with Gasteiger partial charge >= 0.3 is 0 Å². The van der Waals surface area contributed by atoms with Gasteiger partial charge in [-0.3, -0.25) is 4.79 Å². The summed E-state index contributed by atoms with van der Waals surface area (Å²) in [5, 5.41) is 2.12. The zero-order valence-electron chi connectivity index (χ0n) is 11.1. The Hall–Kier alpha value is -1.21. The highest BCUT2D eigenvalue weighted by Gasteiger charge is 2.26. The van der Waals surface area contributed by atoms with Gasteiger partial charge in [0.25, 0.3) is 5.92 Å². The Balaban J connectivity index is 2.32. The molecule has 4 nitrogen and oxygen atoms in total. The van der Waals surface area contributed by atoms with Crippen LogP contribution in [-0.2, 0) is 4.79 Å². The first-order valence-corrected chi connectivity index (χ1v) is 6.87. The lowest BCUT2D eigenvalue weighted by Gasteiger charge is -2.14. The first-order chi connectivity index (χ1) is 9.34. The van der Waals surface area contributed by atoms with Crippen LogP contribution in [0.3, 0.4) is 0 Å². The van der Waals surface area contributed by atoms with Gasteiger partial charge in [0.2, 0.25) is 5.91 Å². The molecule has 1 aromatic rings. The summed E-state index contributed by atoms with van der Waals surface area (Å²) in [6, 6.07) is 5.54. The molecule has 7 heteroatoms. The van der Waals surface area contributed by atoms with Gasteiger partial charge in [-0.25, -0.2) is 8.78 Å². The van der Waals surface area contributed by atoms with E-state index in [1.807, 2.05) is 19.1 Å². The fraction of sp³-hybridized carbons (Fsp3) is 0.462. The van der Waals surface area contributed by atoms with Crippen molar-refractivity contribution in [3.8, 4) is 5.75 Å². The van der Waals surface area contributed by atoms with Crippen LogP contribution in [0.2, 0.25) is 0 Å². The van der Waals surface area contributed by atoms with Crippen molar-refractivity contribution in [1.29, 1.82) is 0 Å². The lowest BCUT2D eigenvalue weighted by atomic mass is 10.2. The molecule has 20 heavy (non-hydrogen) atoms. The predicted molar refractivity (Wildman–Crippen MR) is 76.0 cm³/mol. The van der Waals surface area contributed by atoms with Crippen LogP contribution in [0.25, 0.3) is 0 Å². The van der Waals surface area contributed by atoms with Crippen molar-refractivity contribution in [2.75, 3.05) is 19.7 Å². The van der Waals surface area contributed by atoms with Gasteiger partial charge in [0.1, 0.15) is 5.75 Å². The van der Waals surface area contributed by atoms with E-state index >= 15 is 0 Å². The minimum atomic E-state index is -3.07. The highest BCUT2D eigenvalue weighted by Crippen LogP contribution is 2.25. The molecule has 0 saturated heterocycles. The van der Waals surface area contributed by atoms with Gasteiger partial charge in [-0.1, -0.05) is 6.07 Å². The third kappa shape index (κ3) is 5.83. The first kappa shape index (κ1) is 16.8. The molecule has 0 fully saturated rings. The summed E-state index contributed by atoms with van der Waals surface area (Å²) >= 11 is 3.34. The van der Waals surface area contributed by atoms with E-state index < -0.39 is 24.9 Å². The predicted octanol–water partition coefficient (Wildman–Crippen LogP) is 2.24. The molecular weight excluding hydrogens is 334 g/mol. The molecule has 0 aliphatic carbocycles. The molecule has 0 aliphatic heterocycles. The second-order valence-corrected chi connectivity index (χ2v) is 5.22. The van der Waals surface area contributed by atoms with Crippen LogP contribution in [0, 0.1) is 6.92 Å². The number of ether oxygens (including phenoxy) is 1. The van der Waals surface area contributed by atoms with Crippen LogP contribution in [0.1, 0.15) is 12.0 Å². The van der Waals surface area contributed by atoms with Gasteiger partial charge in [-0.15, -0.1) is 0 Å². The maximum absolute atomic E-state index is 12.8. The summed E-state index contributed by atoms with van der Waals surface area (Å²) in [4.78, 5) is 11.4. The summed E-state index contributed by atoms with van der Waals surface area (Å²) in [6.07, 6.45) is 0.000960. The van der Waals surface area contributed by atoms with Crippen LogP contribution in [0.15, 0.2) is 22.7 Å². The van der Waals surface area contributed by atoms with Crippen molar-refractivity contribution in [2.45, 2.75) is 19.3 Å². The lowest BCUT2D eigenvalue weighted by molar-refractivity contribution is -0.123. The highest BCUT2D eigenvalue weighted by molar-refractivity contribution is 9.10. The number of benzene rings is 1. The normalized spacial score (nSPS) is 11.2. The van der Waals surface area contributed by atoms with Crippen molar-refractivity contribution < 1.29 is 18.3 Å². The fourth-order valence-electron chi connectivity index (χ4n) is 1.37. The van der Waals surface area contributed by atoms with Crippen LogP contribution in [0.5, 0.6) is 5.75 Å². The van der Waals surface area contributed by atoms with E-state index in [4.69, 9.17) is 10.5 Å². The molecule has 0 spiro atoms. The standard InChI is InChI=1S/C13H17BrF2N2O2/c1-9-2-3-11(10(14)6-9)20-5-4-12(19)18-8-13(15,16)7-17/h2-3,6H,4-5,7-8,17H2,1H3,(H,18,19). The number of nitrogens with one attached hydrogen (secondary N) is 1. The van der Waals surface area contributed by atoms with E-state index in [2.05, 4.69) is 21.2 Å². The van der Waals surface area contributed by atoms with E-state index in [0.717, 1.165) is 10.0 Å². The summed E-state index contributed by atoms with van der Waals surface area (Å²) in [5.74, 6) is -2.96. The Morgan fingerprint density at radius 2 is 2.20 bits per heavy atom. The summed E-state index contributed by atoms with van der Waals surface area (Å²) in [6.45, 7) is 0.512. The fourth-order valence-corrected chi connectivity index (χ4v) is 1.97. The Morgan fingerprint density at radius 1 is 1.50 bits per heavy atom. The minimum Gasteiger partial charge on any atom is -0.492 e. The smallest absolute Gasteiger partial charge is 0.277 e. The number of amides is 1. The third-order valence-corrected chi connectivity index (χ3v) is 3.14. The molecule has 0 atom stereocenters. The summed E-state index contributed by atoms with van der Waals surface area (Å²) < 4.78 is 31.8. The Kier molecular flexibility index (Phi) is 6.35. The average molecular weight is 351 g/mol. The van der Waals surface area contributed by atoms with E-state index in [-0.39, 0.29) is 13.0 Å². The summed E-state index contributed by atoms with van der Waals surface area (Å²) in [7, 11) is 0. The van der Waals surface area contributed by atoms with Crippen LogP contribution >= 0.6 is 15.9 Å². The molecule has 1 aromatic carbocycles. The van der Waals surface area contributed by atoms with Gasteiger partial charge < -0.3 is 15.8 Å². The number of hydrogen-bond donors (Lipinski definition) is 2. The van der Waals surface area contributed by atoms with Crippen molar-refractivity contribution in [1.82, 2.24) is 5.32 Å². The molecule has 0 heterocycles. The van der Waals surface area contributed by atoms with E-state index in [9.17, 15) is 13.6 Å². The molecular formula is C13H17BrF2N2O2. The van der Waals surface area contributed by atoms with Crippen molar-refractivity contribution in [2.24, 2.45) is 5.73 Å². The van der Waals surface area contributed by atoms with Crippen molar-refractivity contribution in [3.05, 3.63) is 28.2 Å².